The molecule has 36 heavy (non-hydrogen) atoms. The first-order valence-electron chi connectivity index (χ1n) is 13.5. The number of amides is 3. The van der Waals surface area contributed by atoms with E-state index < -0.39 is 11.5 Å². The molecule has 10 heteroatoms. The summed E-state index contributed by atoms with van der Waals surface area (Å²) in [5, 5.41) is 24.9. The van der Waals surface area contributed by atoms with Crippen LogP contribution in [0.2, 0.25) is 0 Å². The summed E-state index contributed by atoms with van der Waals surface area (Å²) in [4.78, 5) is 36.1. The SMILES string of the molecule is CC1(CO)C(O)CCC2(C)C(CC(=O)N3CCCCC3)c3nc(NC(=O)N4CCOCC4)sc3CC12. The molecule has 2 saturated heterocycles. The van der Waals surface area contributed by atoms with E-state index in [2.05, 4.69) is 12.2 Å². The minimum absolute atomic E-state index is 0.00801. The van der Waals surface area contributed by atoms with Gasteiger partial charge in [-0.3, -0.25) is 10.1 Å². The lowest BCUT2D eigenvalue weighted by molar-refractivity contribution is -0.147. The summed E-state index contributed by atoms with van der Waals surface area (Å²) in [5.41, 5.74) is -0.0226. The number of aliphatic hydroxyl groups excluding tert-OH is 2. The van der Waals surface area contributed by atoms with E-state index in [0.717, 1.165) is 42.9 Å². The monoisotopic (exact) mass is 520 g/mol. The Morgan fingerprint density at radius 1 is 1.14 bits per heavy atom. The number of anilines is 1. The van der Waals surface area contributed by atoms with Crippen LogP contribution in [0.3, 0.4) is 0 Å². The largest absolute Gasteiger partial charge is 0.396 e. The summed E-state index contributed by atoms with van der Waals surface area (Å²) in [6.07, 6.45) is 5.10. The quantitative estimate of drug-likeness (QED) is 0.562. The Hall–Kier alpha value is -1.75. The molecule has 5 rings (SSSR count). The minimum Gasteiger partial charge on any atom is -0.396 e. The lowest BCUT2D eigenvalue weighted by Gasteiger charge is -2.58. The molecule has 3 amide bonds. The summed E-state index contributed by atoms with van der Waals surface area (Å²) >= 11 is 1.47. The molecular weight excluding hydrogens is 480 g/mol. The van der Waals surface area contributed by atoms with Gasteiger partial charge >= 0.3 is 6.03 Å². The van der Waals surface area contributed by atoms with Gasteiger partial charge in [-0.05, 0) is 49.9 Å². The topological polar surface area (TPSA) is 115 Å². The molecule has 3 fully saturated rings. The Kier molecular flexibility index (Phi) is 7.33. The number of carbonyl (C=O) groups is 2. The average Bonchev–Trinajstić information content (AvgIpc) is 3.30. The highest BCUT2D eigenvalue weighted by atomic mass is 32.1. The fourth-order valence-electron chi connectivity index (χ4n) is 7.08. The second kappa shape index (κ2) is 10.2. The fourth-order valence-corrected chi connectivity index (χ4v) is 8.14. The van der Waals surface area contributed by atoms with E-state index in [4.69, 9.17) is 9.72 Å². The van der Waals surface area contributed by atoms with Crippen LogP contribution >= 0.6 is 11.3 Å². The van der Waals surface area contributed by atoms with Gasteiger partial charge in [-0.2, -0.15) is 0 Å². The lowest BCUT2D eigenvalue weighted by atomic mass is 9.47. The van der Waals surface area contributed by atoms with Crippen LogP contribution in [-0.2, 0) is 16.0 Å². The third-order valence-corrected chi connectivity index (χ3v) is 10.5. The molecule has 9 nitrogen and oxygen atoms in total. The highest BCUT2D eigenvalue weighted by molar-refractivity contribution is 7.15. The fraction of sp³-hybridized carbons (Fsp3) is 0.808. The van der Waals surface area contributed by atoms with Crippen molar-refractivity contribution in [3.8, 4) is 0 Å². The number of aliphatic hydroxyl groups is 2. The summed E-state index contributed by atoms with van der Waals surface area (Å²) in [5.74, 6) is 0.0502. The van der Waals surface area contributed by atoms with E-state index in [-0.39, 0.29) is 35.8 Å². The van der Waals surface area contributed by atoms with Crippen molar-refractivity contribution < 1.29 is 24.5 Å². The summed E-state index contributed by atoms with van der Waals surface area (Å²) in [6, 6.07) is -0.176. The van der Waals surface area contributed by atoms with Gasteiger partial charge in [0.05, 0.1) is 31.6 Å². The summed E-state index contributed by atoms with van der Waals surface area (Å²) in [6.45, 7) is 7.89. The molecular formula is C26H40N4O5S. The van der Waals surface area contributed by atoms with Gasteiger partial charge in [0.1, 0.15) is 0 Å². The lowest BCUT2D eigenvalue weighted by Crippen LogP contribution is -2.57. The Morgan fingerprint density at radius 3 is 2.56 bits per heavy atom. The van der Waals surface area contributed by atoms with E-state index in [1.54, 1.807) is 4.90 Å². The van der Waals surface area contributed by atoms with Gasteiger partial charge in [0.15, 0.2) is 5.13 Å². The molecule has 0 radical (unpaired) electrons. The number of aromatic nitrogens is 1. The van der Waals surface area contributed by atoms with Crippen molar-refractivity contribution in [1.82, 2.24) is 14.8 Å². The Labute approximate surface area is 217 Å². The van der Waals surface area contributed by atoms with Crippen LogP contribution in [0, 0.1) is 16.7 Å². The molecule has 1 aromatic heterocycles. The number of likely N-dealkylation sites (tertiary alicyclic amines) is 1. The van der Waals surface area contributed by atoms with Crippen molar-refractivity contribution in [2.45, 2.75) is 70.8 Å². The molecule has 3 heterocycles. The zero-order valence-corrected chi connectivity index (χ0v) is 22.3. The first-order valence-corrected chi connectivity index (χ1v) is 14.3. The highest BCUT2D eigenvalue weighted by Gasteiger charge is 2.59. The van der Waals surface area contributed by atoms with Crippen LogP contribution in [0.25, 0.3) is 0 Å². The maximum atomic E-state index is 13.5. The number of piperidine rings is 1. The van der Waals surface area contributed by atoms with Crippen LogP contribution < -0.4 is 5.32 Å². The van der Waals surface area contributed by atoms with E-state index in [1.165, 1.54) is 17.8 Å². The molecule has 0 aromatic carbocycles. The Balaban J connectivity index is 1.46. The van der Waals surface area contributed by atoms with E-state index >= 15 is 0 Å². The van der Waals surface area contributed by atoms with Crippen molar-refractivity contribution in [3.05, 3.63) is 10.6 Å². The van der Waals surface area contributed by atoms with Crippen molar-refractivity contribution in [3.63, 3.8) is 0 Å². The number of hydrogen-bond donors (Lipinski definition) is 3. The van der Waals surface area contributed by atoms with Gasteiger partial charge in [-0.25, -0.2) is 9.78 Å². The molecule has 0 spiro atoms. The first-order chi connectivity index (χ1) is 17.3. The maximum absolute atomic E-state index is 13.5. The number of nitrogens with one attached hydrogen (secondary N) is 1. The van der Waals surface area contributed by atoms with Gasteiger partial charge in [-0.15, -0.1) is 11.3 Å². The molecule has 4 aliphatic rings. The highest BCUT2D eigenvalue weighted by Crippen LogP contribution is 2.63. The molecule has 1 aromatic rings. The molecule has 200 valence electrons. The normalized spacial score (nSPS) is 34.6. The minimum atomic E-state index is -0.654. The van der Waals surface area contributed by atoms with Crippen LogP contribution in [0.4, 0.5) is 9.93 Å². The van der Waals surface area contributed by atoms with Crippen molar-refractivity contribution in [1.29, 1.82) is 0 Å². The number of fused-ring (bicyclic) bond motifs is 2. The van der Waals surface area contributed by atoms with Crippen molar-refractivity contribution >= 4 is 28.4 Å². The summed E-state index contributed by atoms with van der Waals surface area (Å²) < 4.78 is 5.36. The van der Waals surface area contributed by atoms with Crippen LogP contribution in [0.1, 0.15) is 68.9 Å². The third-order valence-electron chi connectivity index (χ3n) is 9.49. The molecule has 5 atom stereocenters. The number of carbonyl (C=O) groups excluding carboxylic acids is 2. The second-order valence-corrected chi connectivity index (χ2v) is 12.6. The number of rotatable bonds is 4. The average molecular weight is 521 g/mol. The van der Waals surface area contributed by atoms with Gasteiger partial charge in [0.25, 0.3) is 0 Å². The number of hydrogen-bond acceptors (Lipinski definition) is 7. The molecule has 0 bridgehead atoms. The second-order valence-electron chi connectivity index (χ2n) is 11.5. The van der Waals surface area contributed by atoms with Gasteiger partial charge in [0, 0.05) is 48.8 Å². The summed E-state index contributed by atoms with van der Waals surface area (Å²) in [7, 11) is 0. The van der Waals surface area contributed by atoms with Gasteiger partial charge in [-0.1, -0.05) is 13.8 Å². The van der Waals surface area contributed by atoms with Crippen molar-refractivity contribution in [2.75, 3.05) is 51.3 Å². The zero-order valence-electron chi connectivity index (χ0n) is 21.5. The van der Waals surface area contributed by atoms with Crippen molar-refractivity contribution in [2.24, 2.45) is 16.7 Å². The number of ether oxygens (including phenoxy) is 1. The van der Waals surface area contributed by atoms with Gasteiger partial charge in [0.2, 0.25) is 5.91 Å². The van der Waals surface area contributed by atoms with E-state index in [9.17, 15) is 19.8 Å². The van der Waals surface area contributed by atoms with Gasteiger partial charge < -0.3 is 24.7 Å². The smallest absolute Gasteiger partial charge is 0.323 e. The Bertz CT molecular complexity index is 976. The maximum Gasteiger partial charge on any atom is 0.323 e. The first kappa shape index (κ1) is 25.9. The van der Waals surface area contributed by atoms with E-state index in [0.29, 0.717) is 50.7 Å². The molecule has 2 aliphatic carbocycles. The third kappa shape index (κ3) is 4.54. The predicted octanol–water partition coefficient (Wildman–Crippen LogP) is 2.83. The number of urea groups is 1. The Morgan fingerprint density at radius 2 is 1.86 bits per heavy atom. The standard InChI is InChI=1S/C26H40N4O5S/c1-25-7-6-20(32)26(2,16-31)19(25)15-18-22(17(25)14-21(33)29-8-4-3-5-9-29)27-23(36-18)28-24(34)30-10-12-35-13-11-30/h17,19-20,31-32H,3-16H2,1-2H3,(H,27,28,34). The van der Waals surface area contributed by atoms with Crippen LogP contribution in [0.5, 0.6) is 0 Å². The molecule has 1 saturated carbocycles. The van der Waals surface area contributed by atoms with Crippen LogP contribution in [-0.4, -0.2) is 89.0 Å². The predicted molar refractivity (Wildman–Crippen MR) is 137 cm³/mol. The molecule has 2 aliphatic heterocycles. The van der Waals surface area contributed by atoms with Crippen LogP contribution in [0.15, 0.2) is 0 Å². The number of nitrogens with zero attached hydrogens (tertiary/aromatic N) is 3. The zero-order chi connectivity index (χ0) is 25.5. The van der Waals surface area contributed by atoms with E-state index in [1.807, 2.05) is 11.8 Å². The number of morpholine rings is 1. The molecule has 3 N–H and O–H groups in total. The number of thiazole rings is 1. The molecule has 5 unspecified atom stereocenters.